The van der Waals surface area contributed by atoms with Crippen molar-refractivity contribution in [3.8, 4) is 0 Å². The van der Waals surface area contributed by atoms with E-state index in [1.165, 1.54) is 6.07 Å². The van der Waals surface area contributed by atoms with Gasteiger partial charge < -0.3 is 9.80 Å². The van der Waals surface area contributed by atoms with Crippen LogP contribution >= 0.6 is 0 Å². The Hall–Kier alpha value is -1.56. The number of carbonyl (C=O) groups excluding carboxylic acids is 1. The zero-order chi connectivity index (χ0) is 14.9. The third-order valence-corrected chi connectivity index (χ3v) is 3.63. The molecule has 1 aliphatic heterocycles. The first kappa shape index (κ1) is 14.8. The largest absolute Gasteiger partial charge is 0.417 e. The maximum Gasteiger partial charge on any atom is 0.417 e. The average molecular weight is 286 g/mol. The van der Waals surface area contributed by atoms with Crippen molar-refractivity contribution in [2.24, 2.45) is 0 Å². The summed E-state index contributed by atoms with van der Waals surface area (Å²) in [6.45, 7) is 4.27. The predicted octanol–water partition coefficient (Wildman–Crippen LogP) is 2.66. The highest BCUT2D eigenvalue weighted by atomic mass is 19.4. The molecule has 2 rings (SSSR count). The molecule has 1 saturated heterocycles. The summed E-state index contributed by atoms with van der Waals surface area (Å²) in [4.78, 5) is 14.8. The topological polar surface area (TPSA) is 23.6 Å². The standard InChI is InChI=1S/C14H17F3N2O/c1-10-8-18(2)5-6-19(10)12-4-3-11(9-20)13(7-12)14(15,16)17/h3-4,7,9-10H,5-6,8H2,1-2H3. The second-order valence-electron chi connectivity index (χ2n) is 5.19. The van der Waals surface area contributed by atoms with Gasteiger partial charge in [-0.2, -0.15) is 13.2 Å². The third kappa shape index (κ3) is 2.95. The minimum Gasteiger partial charge on any atom is -0.366 e. The molecular weight excluding hydrogens is 269 g/mol. The Kier molecular flexibility index (Phi) is 4.04. The van der Waals surface area contributed by atoms with E-state index >= 15 is 0 Å². The van der Waals surface area contributed by atoms with Gasteiger partial charge >= 0.3 is 6.18 Å². The van der Waals surface area contributed by atoms with Crippen molar-refractivity contribution < 1.29 is 18.0 Å². The van der Waals surface area contributed by atoms with Crippen LogP contribution in [0.15, 0.2) is 18.2 Å². The normalized spacial score (nSPS) is 21.1. The molecule has 1 heterocycles. The molecule has 0 bridgehead atoms. The van der Waals surface area contributed by atoms with Crippen LogP contribution in [0.25, 0.3) is 0 Å². The molecule has 1 atom stereocenters. The van der Waals surface area contributed by atoms with E-state index in [4.69, 9.17) is 0 Å². The van der Waals surface area contributed by atoms with Crippen molar-refractivity contribution in [1.29, 1.82) is 0 Å². The number of hydrogen-bond acceptors (Lipinski definition) is 3. The molecule has 0 spiro atoms. The Balaban J connectivity index is 2.36. The van der Waals surface area contributed by atoms with Crippen molar-refractivity contribution in [1.82, 2.24) is 4.90 Å². The zero-order valence-electron chi connectivity index (χ0n) is 11.4. The number of halogens is 3. The van der Waals surface area contributed by atoms with E-state index in [9.17, 15) is 18.0 Å². The highest BCUT2D eigenvalue weighted by Gasteiger charge is 2.34. The quantitative estimate of drug-likeness (QED) is 0.781. The van der Waals surface area contributed by atoms with Gasteiger partial charge in [0.05, 0.1) is 5.56 Å². The van der Waals surface area contributed by atoms with Crippen LogP contribution in [0.4, 0.5) is 18.9 Å². The number of carbonyl (C=O) groups is 1. The van der Waals surface area contributed by atoms with Crippen molar-refractivity contribution in [3.05, 3.63) is 29.3 Å². The molecule has 20 heavy (non-hydrogen) atoms. The fraction of sp³-hybridized carbons (Fsp3) is 0.500. The summed E-state index contributed by atoms with van der Waals surface area (Å²) in [5, 5.41) is 0. The van der Waals surface area contributed by atoms with E-state index in [1.54, 1.807) is 6.07 Å². The van der Waals surface area contributed by atoms with E-state index in [-0.39, 0.29) is 17.9 Å². The molecule has 3 nitrogen and oxygen atoms in total. The molecule has 1 fully saturated rings. The minimum absolute atomic E-state index is 0.136. The number of rotatable bonds is 2. The van der Waals surface area contributed by atoms with Crippen LogP contribution in [0.1, 0.15) is 22.8 Å². The molecule has 110 valence electrons. The lowest BCUT2D eigenvalue weighted by molar-refractivity contribution is -0.137. The van der Waals surface area contributed by atoms with Gasteiger partial charge in [0.1, 0.15) is 0 Å². The summed E-state index contributed by atoms with van der Waals surface area (Å²) in [6.07, 6.45) is -4.26. The third-order valence-electron chi connectivity index (χ3n) is 3.63. The minimum atomic E-state index is -4.51. The van der Waals surface area contributed by atoms with Gasteiger partial charge in [-0.15, -0.1) is 0 Å². The van der Waals surface area contributed by atoms with Crippen molar-refractivity contribution in [3.63, 3.8) is 0 Å². The predicted molar refractivity (Wildman–Crippen MR) is 71.1 cm³/mol. The van der Waals surface area contributed by atoms with Crippen LogP contribution in [0.2, 0.25) is 0 Å². The van der Waals surface area contributed by atoms with Gasteiger partial charge in [-0.3, -0.25) is 4.79 Å². The first-order chi connectivity index (χ1) is 9.32. The van der Waals surface area contributed by atoms with Crippen molar-refractivity contribution in [2.45, 2.75) is 19.1 Å². The van der Waals surface area contributed by atoms with E-state index in [2.05, 4.69) is 4.90 Å². The molecule has 0 aliphatic carbocycles. The van der Waals surface area contributed by atoms with Gasteiger partial charge in [-0.1, -0.05) is 0 Å². The van der Waals surface area contributed by atoms with E-state index in [0.29, 0.717) is 12.2 Å². The first-order valence-corrected chi connectivity index (χ1v) is 6.44. The number of aldehydes is 1. The lowest BCUT2D eigenvalue weighted by Crippen LogP contribution is -2.50. The number of hydrogen-bond donors (Lipinski definition) is 0. The van der Waals surface area contributed by atoms with E-state index < -0.39 is 11.7 Å². The Labute approximate surface area is 116 Å². The van der Waals surface area contributed by atoms with Crippen LogP contribution in [-0.2, 0) is 6.18 Å². The smallest absolute Gasteiger partial charge is 0.366 e. The molecule has 0 saturated carbocycles. The van der Waals surface area contributed by atoms with Crippen molar-refractivity contribution >= 4 is 12.0 Å². The van der Waals surface area contributed by atoms with Gasteiger partial charge in [-0.05, 0) is 32.2 Å². The fourth-order valence-electron chi connectivity index (χ4n) is 2.59. The lowest BCUT2D eigenvalue weighted by atomic mass is 10.0. The molecule has 1 aromatic rings. The van der Waals surface area contributed by atoms with Crippen LogP contribution in [0.5, 0.6) is 0 Å². The Bertz CT molecular complexity index is 502. The second kappa shape index (κ2) is 5.44. The lowest BCUT2D eigenvalue weighted by Gasteiger charge is -2.40. The number of nitrogens with zero attached hydrogens (tertiary/aromatic N) is 2. The molecule has 0 radical (unpaired) electrons. The second-order valence-corrected chi connectivity index (χ2v) is 5.19. The van der Waals surface area contributed by atoms with Crippen LogP contribution in [0.3, 0.4) is 0 Å². The van der Waals surface area contributed by atoms with Crippen molar-refractivity contribution in [2.75, 3.05) is 31.6 Å². The molecular formula is C14H17F3N2O. The van der Waals surface area contributed by atoms with E-state index in [0.717, 1.165) is 19.2 Å². The SMILES string of the molecule is CC1CN(C)CCN1c1ccc(C=O)c(C(F)(F)F)c1. The summed E-state index contributed by atoms with van der Waals surface area (Å²) in [6, 6.07) is 4.04. The molecule has 1 aromatic carbocycles. The number of alkyl halides is 3. The summed E-state index contributed by atoms with van der Waals surface area (Å²) in [7, 11) is 1.99. The molecule has 1 unspecified atom stereocenters. The number of likely N-dealkylation sites (N-methyl/N-ethyl adjacent to an activating group) is 1. The number of anilines is 1. The van der Waals surface area contributed by atoms with Crippen LogP contribution in [-0.4, -0.2) is 43.9 Å². The van der Waals surface area contributed by atoms with Crippen LogP contribution < -0.4 is 4.90 Å². The van der Waals surface area contributed by atoms with Gasteiger partial charge in [-0.25, -0.2) is 0 Å². The molecule has 0 amide bonds. The fourth-order valence-corrected chi connectivity index (χ4v) is 2.59. The van der Waals surface area contributed by atoms with Gasteiger partial charge in [0.25, 0.3) is 0 Å². The number of piperazine rings is 1. The zero-order valence-corrected chi connectivity index (χ0v) is 11.4. The molecule has 1 aliphatic rings. The maximum absolute atomic E-state index is 13.0. The van der Waals surface area contributed by atoms with Crippen LogP contribution in [0, 0.1) is 0 Å². The summed E-state index contributed by atoms with van der Waals surface area (Å²) < 4.78 is 38.9. The average Bonchev–Trinajstić information content (AvgIpc) is 2.37. The maximum atomic E-state index is 13.0. The number of benzene rings is 1. The molecule has 6 heteroatoms. The Morgan fingerprint density at radius 2 is 2.00 bits per heavy atom. The Morgan fingerprint density at radius 3 is 2.55 bits per heavy atom. The summed E-state index contributed by atoms with van der Waals surface area (Å²) >= 11 is 0. The van der Waals surface area contributed by atoms with E-state index in [1.807, 2.05) is 18.9 Å². The molecule has 0 N–H and O–H groups in total. The highest BCUT2D eigenvalue weighted by Crippen LogP contribution is 2.34. The Morgan fingerprint density at radius 1 is 1.30 bits per heavy atom. The monoisotopic (exact) mass is 286 g/mol. The summed E-state index contributed by atoms with van der Waals surface area (Å²) in [5.74, 6) is 0. The first-order valence-electron chi connectivity index (χ1n) is 6.44. The highest BCUT2D eigenvalue weighted by molar-refractivity contribution is 5.79. The van der Waals surface area contributed by atoms with Gasteiger partial charge in [0.15, 0.2) is 6.29 Å². The molecule has 0 aromatic heterocycles. The van der Waals surface area contributed by atoms with Gasteiger partial charge in [0, 0.05) is 36.9 Å². The van der Waals surface area contributed by atoms with Gasteiger partial charge in [0.2, 0.25) is 0 Å². The summed E-state index contributed by atoms with van der Waals surface area (Å²) in [5.41, 5.74) is -0.664.